The van der Waals surface area contributed by atoms with Gasteiger partial charge < -0.3 is 9.47 Å². The molecule has 3 rings (SSSR count). The lowest BCUT2D eigenvalue weighted by molar-refractivity contribution is 0.307. The zero-order chi connectivity index (χ0) is 18.0. The molecule has 0 bridgehead atoms. The minimum atomic E-state index is -0.239. The van der Waals surface area contributed by atoms with Gasteiger partial charge in [0, 0.05) is 42.3 Å². The van der Waals surface area contributed by atoms with Crippen molar-refractivity contribution < 1.29 is 8.78 Å². The predicted molar refractivity (Wildman–Crippen MR) is 105 cm³/mol. The average Bonchev–Trinajstić information content (AvgIpc) is 2.85. The van der Waals surface area contributed by atoms with E-state index in [9.17, 15) is 8.78 Å². The zero-order valence-corrected chi connectivity index (χ0v) is 14.9. The Morgan fingerprint density at radius 3 is 2.62 bits per heavy atom. The summed E-state index contributed by atoms with van der Waals surface area (Å²) in [6, 6.07) is 6.60. The number of halogens is 2. The van der Waals surface area contributed by atoms with Crippen LogP contribution in [0.25, 0.3) is 12.7 Å². The van der Waals surface area contributed by atoms with Crippen molar-refractivity contribution in [1.29, 1.82) is 0 Å². The Bertz CT molecular complexity index is 892. The Balaban J connectivity index is 0.00000243. The van der Waals surface area contributed by atoms with Gasteiger partial charge in [0.25, 0.3) is 0 Å². The summed E-state index contributed by atoms with van der Waals surface area (Å²) in [4.78, 5) is 2.25. The highest BCUT2D eigenvalue weighted by Crippen LogP contribution is 2.15. The SMILES string of the molecule is C.C=c1/c(=C\C(F)=C/C)c2c(n1CCc1ccc(F)cc1)CCN(C)C2. The van der Waals surface area contributed by atoms with Gasteiger partial charge in [0.05, 0.1) is 0 Å². The van der Waals surface area contributed by atoms with Crippen LogP contribution in [0.1, 0.15) is 31.2 Å². The van der Waals surface area contributed by atoms with Crippen molar-refractivity contribution in [2.45, 2.75) is 40.3 Å². The fourth-order valence-electron chi connectivity index (χ4n) is 3.46. The van der Waals surface area contributed by atoms with Gasteiger partial charge in [-0.15, -0.1) is 0 Å². The Labute approximate surface area is 154 Å². The summed E-state index contributed by atoms with van der Waals surface area (Å²) in [7, 11) is 2.08. The van der Waals surface area contributed by atoms with E-state index < -0.39 is 0 Å². The van der Waals surface area contributed by atoms with Gasteiger partial charge >= 0.3 is 0 Å². The van der Waals surface area contributed by atoms with Crippen LogP contribution < -0.4 is 10.6 Å². The molecule has 4 heteroatoms. The number of nitrogens with zero attached hydrogens (tertiary/aromatic N) is 2. The minimum Gasteiger partial charge on any atom is -0.344 e. The highest BCUT2D eigenvalue weighted by Gasteiger charge is 2.20. The van der Waals surface area contributed by atoms with Gasteiger partial charge in [-0.1, -0.05) is 32.2 Å². The first-order valence-electron chi connectivity index (χ1n) is 8.65. The first-order valence-corrected chi connectivity index (χ1v) is 8.65. The van der Waals surface area contributed by atoms with Gasteiger partial charge in [-0.3, -0.25) is 0 Å². The van der Waals surface area contributed by atoms with Crippen molar-refractivity contribution in [2.24, 2.45) is 0 Å². The molecule has 0 saturated heterocycles. The van der Waals surface area contributed by atoms with Crippen LogP contribution in [0.15, 0.2) is 36.2 Å². The van der Waals surface area contributed by atoms with E-state index in [-0.39, 0.29) is 19.1 Å². The maximum absolute atomic E-state index is 13.9. The van der Waals surface area contributed by atoms with Crippen molar-refractivity contribution in [3.05, 3.63) is 69.4 Å². The lowest BCUT2D eigenvalue weighted by atomic mass is 10.1. The van der Waals surface area contributed by atoms with E-state index in [1.807, 2.05) is 12.1 Å². The number of benzene rings is 1. The Morgan fingerprint density at radius 1 is 1.27 bits per heavy atom. The van der Waals surface area contributed by atoms with Gasteiger partial charge in [-0.25, -0.2) is 8.78 Å². The molecule has 26 heavy (non-hydrogen) atoms. The number of hydrogen-bond donors (Lipinski definition) is 0. The molecule has 0 amide bonds. The molecule has 0 saturated carbocycles. The standard InChI is InChI=1S/C21H24F2N2.CH4/c1-4-17(22)13-19-15(2)25(21-10-11-24(3)14-20(19)21)12-9-16-5-7-18(23)8-6-16;/h4-8,13H,2,9-12,14H2,1,3H3;1H4/b17-4+,19-13+;. The molecule has 1 aliphatic heterocycles. The largest absolute Gasteiger partial charge is 0.344 e. The van der Waals surface area contributed by atoms with E-state index in [1.165, 1.54) is 29.5 Å². The quantitative estimate of drug-likeness (QED) is 0.811. The first kappa shape index (κ1) is 20.1. The maximum atomic E-state index is 13.9. The van der Waals surface area contributed by atoms with Crippen LogP contribution >= 0.6 is 0 Å². The number of aromatic nitrogens is 1. The first-order chi connectivity index (χ1) is 12.0. The average molecular weight is 358 g/mol. The van der Waals surface area contributed by atoms with Gasteiger partial charge in [0.2, 0.25) is 0 Å². The summed E-state index contributed by atoms with van der Waals surface area (Å²) in [6.45, 7) is 8.48. The summed E-state index contributed by atoms with van der Waals surface area (Å²) in [6.07, 6.45) is 4.79. The van der Waals surface area contributed by atoms with Crippen LogP contribution in [0.4, 0.5) is 8.78 Å². The Kier molecular flexibility index (Phi) is 6.54. The second-order valence-corrected chi connectivity index (χ2v) is 6.62. The van der Waals surface area contributed by atoms with E-state index in [4.69, 9.17) is 0 Å². The van der Waals surface area contributed by atoms with Crippen molar-refractivity contribution >= 4 is 12.7 Å². The molecule has 2 aromatic rings. The highest BCUT2D eigenvalue weighted by molar-refractivity contribution is 5.47. The minimum absolute atomic E-state index is 0. The molecular formula is C22H28F2N2. The molecule has 0 radical (unpaired) electrons. The summed E-state index contributed by atoms with van der Waals surface area (Å²) < 4.78 is 29.2. The summed E-state index contributed by atoms with van der Waals surface area (Å²) in [5.41, 5.74) is 3.51. The Morgan fingerprint density at radius 2 is 1.96 bits per heavy atom. The second kappa shape index (κ2) is 8.45. The molecule has 0 N–H and O–H groups in total. The number of hydrogen-bond acceptors (Lipinski definition) is 1. The van der Waals surface area contributed by atoms with Crippen LogP contribution in [0, 0.1) is 5.82 Å². The van der Waals surface area contributed by atoms with Crippen molar-refractivity contribution in [3.63, 3.8) is 0 Å². The number of rotatable bonds is 4. The molecule has 0 fully saturated rings. The molecule has 1 aromatic heterocycles. The monoisotopic (exact) mass is 358 g/mol. The van der Waals surface area contributed by atoms with E-state index in [0.29, 0.717) is 0 Å². The fraction of sp³-hybridized carbons (Fsp3) is 0.364. The molecule has 2 nitrogen and oxygen atoms in total. The van der Waals surface area contributed by atoms with E-state index in [0.717, 1.165) is 48.6 Å². The van der Waals surface area contributed by atoms with E-state index >= 15 is 0 Å². The third-order valence-corrected chi connectivity index (χ3v) is 4.89. The molecule has 1 aliphatic rings. The van der Waals surface area contributed by atoms with Crippen LogP contribution in [-0.4, -0.2) is 23.1 Å². The summed E-state index contributed by atoms with van der Waals surface area (Å²) in [5, 5.41) is 1.76. The van der Waals surface area contributed by atoms with Gasteiger partial charge in [0.1, 0.15) is 11.6 Å². The van der Waals surface area contributed by atoms with Gasteiger partial charge in [-0.2, -0.15) is 0 Å². The van der Waals surface area contributed by atoms with Crippen LogP contribution in [0.2, 0.25) is 0 Å². The number of likely N-dealkylation sites (N-methyl/N-ethyl adjacent to an activating group) is 1. The maximum Gasteiger partial charge on any atom is 0.123 e. The molecular weight excluding hydrogens is 330 g/mol. The molecule has 2 heterocycles. The summed E-state index contributed by atoms with van der Waals surface area (Å²) >= 11 is 0. The van der Waals surface area contributed by atoms with Gasteiger partial charge in [0.15, 0.2) is 0 Å². The highest BCUT2D eigenvalue weighted by atomic mass is 19.1. The molecule has 0 spiro atoms. The van der Waals surface area contributed by atoms with Crippen LogP contribution in [0.5, 0.6) is 0 Å². The molecule has 1 aromatic carbocycles. The van der Waals surface area contributed by atoms with E-state index in [1.54, 1.807) is 13.0 Å². The van der Waals surface area contributed by atoms with Crippen molar-refractivity contribution in [2.75, 3.05) is 13.6 Å². The van der Waals surface area contributed by atoms with Crippen LogP contribution in [-0.2, 0) is 25.9 Å². The molecule has 0 aliphatic carbocycles. The normalized spacial score (nSPS) is 15.7. The smallest absolute Gasteiger partial charge is 0.123 e. The fourth-order valence-corrected chi connectivity index (χ4v) is 3.46. The predicted octanol–water partition coefficient (Wildman–Crippen LogP) is 3.56. The van der Waals surface area contributed by atoms with Crippen molar-refractivity contribution in [1.82, 2.24) is 9.47 Å². The summed E-state index contributed by atoms with van der Waals surface area (Å²) in [5.74, 6) is -0.460. The van der Waals surface area contributed by atoms with Crippen LogP contribution in [0.3, 0.4) is 0 Å². The zero-order valence-electron chi connectivity index (χ0n) is 14.9. The lowest BCUT2D eigenvalue weighted by Crippen LogP contribution is -2.31. The molecule has 140 valence electrons. The topological polar surface area (TPSA) is 8.17 Å². The molecule has 0 unspecified atom stereocenters. The Hall–Kier alpha value is -2.20. The van der Waals surface area contributed by atoms with E-state index in [2.05, 4.69) is 23.1 Å². The number of allylic oxidation sites excluding steroid dienone is 2. The third kappa shape index (κ3) is 4.13. The third-order valence-electron chi connectivity index (χ3n) is 4.89. The number of aryl methyl sites for hydroxylation is 1. The second-order valence-electron chi connectivity index (χ2n) is 6.62. The molecule has 0 atom stereocenters. The lowest BCUT2D eigenvalue weighted by Gasteiger charge is -2.24. The van der Waals surface area contributed by atoms with Crippen molar-refractivity contribution in [3.8, 4) is 0 Å². The number of fused-ring (bicyclic) bond motifs is 1. The van der Waals surface area contributed by atoms with Gasteiger partial charge in [-0.05, 0) is 49.7 Å².